The van der Waals surface area contributed by atoms with E-state index >= 15 is 0 Å². The Morgan fingerprint density at radius 2 is 1.70 bits per heavy atom. The number of phenolic OH excluding ortho intramolecular Hbond substituents is 1. The lowest BCUT2D eigenvalue weighted by Crippen LogP contribution is -2.22. The third kappa shape index (κ3) is 3.97. The Hall–Kier alpha value is -2.18. The highest BCUT2D eigenvalue weighted by atomic mass is 79.9. The molecule has 0 unspecified atom stereocenters. The summed E-state index contributed by atoms with van der Waals surface area (Å²) in [5, 5.41) is 12.2. The zero-order chi connectivity index (χ0) is 16.2. The average molecular weight is 389 g/mol. The van der Waals surface area contributed by atoms with Gasteiger partial charge in [-0.3, -0.25) is 4.79 Å². The first-order chi connectivity index (χ1) is 11.1. The average Bonchev–Trinajstić information content (AvgIpc) is 2.99. The van der Waals surface area contributed by atoms with Gasteiger partial charge >= 0.3 is 0 Å². The highest BCUT2D eigenvalue weighted by Crippen LogP contribution is 2.22. The molecule has 3 aromatic rings. The van der Waals surface area contributed by atoms with Crippen LogP contribution in [0.5, 0.6) is 5.75 Å². The van der Waals surface area contributed by atoms with Crippen LogP contribution in [0.3, 0.4) is 0 Å². The van der Waals surface area contributed by atoms with Crippen molar-refractivity contribution in [1.29, 1.82) is 0 Å². The molecule has 0 radical (unpaired) electrons. The number of hydrogen-bond donors (Lipinski definition) is 2. The summed E-state index contributed by atoms with van der Waals surface area (Å²) in [6.45, 7) is 0.460. The monoisotopic (exact) mass is 388 g/mol. The molecule has 0 spiro atoms. The Kier molecular flexibility index (Phi) is 4.73. The molecular formula is C17H13BrN2O2S. The fourth-order valence-electron chi connectivity index (χ4n) is 2.10. The molecule has 0 saturated heterocycles. The Morgan fingerprint density at radius 1 is 1.09 bits per heavy atom. The summed E-state index contributed by atoms with van der Waals surface area (Å²) in [5.41, 5.74) is 2.59. The number of carbonyl (C=O) groups is 1. The van der Waals surface area contributed by atoms with Gasteiger partial charge in [0.15, 0.2) is 3.92 Å². The van der Waals surface area contributed by atoms with E-state index in [1.807, 2.05) is 24.3 Å². The van der Waals surface area contributed by atoms with E-state index in [-0.39, 0.29) is 11.7 Å². The van der Waals surface area contributed by atoms with Crippen LogP contribution in [0.25, 0.3) is 11.1 Å². The lowest BCUT2D eigenvalue weighted by molar-refractivity contribution is 0.0951. The number of amides is 1. The van der Waals surface area contributed by atoms with Crippen molar-refractivity contribution in [3.05, 3.63) is 69.1 Å². The number of carbonyl (C=O) groups excluding carboxylic acids is 1. The molecule has 116 valence electrons. The topological polar surface area (TPSA) is 62.2 Å². The van der Waals surface area contributed by atoms with Crippen molar-refractivity contribution in [2.45, 2.75) is 6.54 Å². The van der Waals surface area contributed by atoms with Crippen molar-refractivity contribution in [1.82, 2.24) is 10.3 Å². The zero-order valence-electron chi connectivity index (χ0n) is 12.0. The summed E-state index contributed by atoms with van der Waals surface area (Å²) < 4.78 is 0.806. The number of phenols is 1. The summed E-state index contributed by atoms with van der Waals surface area (Å²) in [5.74, 6) is 0.117. The molecule has 1 aromatic heterocycles. The van der Waals surface area contributed by atoms with Crippen molar-refractivity contribution in [3.8, 4) is 16.9 Å². The van der Waals surface area contributed by atoms with Gasteiger partial charge in [0.1, 0.15) is 5.75 Å². The molecule has 0 aliphatic heterocycles. The number of benzene rings is 2. The number of halogens is 1. The Morgan fingerprint density at radius 3 is 2.26 bits per heavy atom. The molecule has 2 N–H and O–H groups in total. The maximum absolute atomic E-state index is 12.1. The fraction of sp³-hybridized carbons (Fsp3) is 0.0588. The van der Waals surface area contributed by atoms with Crippen LogP contribution >= 0.6 is 27.3 Å². The van der Waals surface area contributed by atoms with E-state index in [2.05, 4.69) is 26.2 Å². The molecular weight excluding hydrogens is 376 g/mol. The summed E-state index contributed by atoms with van der Waals surface area (Å²) >= 11 is 4.79. The van der Waals surface area contributed by atoms with Crippen LogP contribution in [0.15, 0.2) is 58.6 Å². The first kappa shape index (κ1) is 15.7. The number of nitrogens with zero attached hydrogens (tertiary/aromatic N) is 1. The molecule has 0 atom stereocenters. The van der Waals surface area contributed by atoms with E-state index in [0.717, 1.165) is 19.9 Å². The van der Waals surface area contributed by atoms with Gasteiger partial charge in [-0.2, -0.15) is 0 Å². The minimum atomic E-state index is -0.119. The largest absolute Gasteiger partial charge is 0.508 e. The van der Waals surface area contributed by atoms with Crippen molar-refractivity contribution >= 4 is 33.2 Å². The number of rotatable bonds is 4. The summed E-state index contributed by atoms with van der Waals surface area (Å²) in [6, 6.07) is 14.3. The first-order valence-corrected chi connectivity index (χ1v) is 8.50. The molecule has 0 fully saturated rings. The number of hydrogen-bond acceptors (Lipinski definition) is 4. The van der Waals surface area contributed by atoms with Crippen LogP contribution in [0.4, 0.5) is 0 Å². The highest BCUT2D eigenvalue weighted by Gasteiger charge is 2.07. The fourth-order valence-corrected chi connectivity index (χ4v) is 3.40. The zero-order valence-corrected chi connectivity index (χ0v) is 14.4. The summed E-state index contributed by atoms with van der Waals surface area (Å²) in [6.07, 6.45) is 1.74. The van der Waals surface area contributed by atoms with Crippen molar-refractivity contribution in [3.63, 3.8) is 0 Å². The van der Waals surface area contributed by atoms with Gasteiger partial charge in [0.25, 0.3) is 5.91 Å². The van der Waals surface area contributed by atoms with Crippen LogP contribution in [-0.4, -0.2) is 16.0 Å². The lowest BCUT2D eigenvalue weighted by Gasteiger charge is -2.06. The summed E-state index contributed by atoms with van der Waals surface area (Å²) in [4.78, 5) is 17.2. The maximum Gasteiger partial charge on any atom is 0.251 e. The van der Waals surface area contributed by atoms with Crippen molar-refractivity contribution < 1.29 is 9.90 Å². The molecule has 0 bridgehead atoms. The van der Waals surface area contributed by atoms with Gasteiger partial charge in [-0.05, 0) is 51.3 Å². The maximum atomic E-state index is 12.1. The second-order valence-corrected chi connectivity index (χ2v) is 7.28. The van der Waals surface area contributed by atoms with E-state index < -0.39 is 0 Å². The smallest absolute Gasteiger partial charge is 0.251 e. The molecule has 1 amide bonds. The van der Waals surface area contributed by atoms with Crippen molar-refractivity contribution in [2.24, 2.45) is 0 Å². The third-order valence-electron chi connectivity index (χ3n) is 3.30. The Balaban J connectivity index is 1.66. The van der Waals surface area contributed by atoms with Gasteiger partial charge in [0.2, 0.25) is 0 Å². The van der Waals surface area contributed by atoms with E-state index in [9.17, 15) is 9.90 Å². The first-order valence-electron chi connectivity index (χ1n) is 6.90. The number of aromatic hydroxyl groups is 1. The Bertz CT molecular complexity index is 813. The van der Waals surface area contributed by atoms with Crippen LogP contribution in [-0.2, 0) is 6.54 Å². The van der Waals surface area contributed by atoms with Crippen LogP contribution in [0.2, 0.25) is 0 Å². The highest BCUT2D eigenvalue weighted by molar-refractivity contribution is 9.11. The van der Waals surface area contributed by atoms with E-state index in [1.54, 1.807) is 30.5 Å². The molecule has 23 heavy (non-hydrogen) atoms. The predicted octanol–water partition coefficient (Wildman–Crippen LogP) is 4.21. The molecule has 0 saturated carbocycles. The molecule has 4 nitrogen and oxygen atoms in total. The third-order valence-corrected chi connectivity index (χ3v) is 4.77. The standard InChI is InChI=1S/C17H13BrN2O2S/c18-17-20-10-15(23-17)9-19-16(22)13-3-1-11(2-4-13)12-5-7-14(21)8-6-12/h1-8,10,21H,9H2,(H,19,22). The molecule has 1 heterocycles. The molecule has 0 aliphatic rings. The van der Waals surface area contributed by atoms with Gasteiger partial charge in [-0.25, -0.2) is 4.98 Å². The van der Waals surface area contributed by atoms with Gasteiger partial charge in [-0.1, -0.05) is 24.3 Å². The second-order valence-electron chi connectivity index (χ2n) is 4.89. The van der Waals surface area contributed by atoms with Gasteiger partial charge < -0.3 is 10.4 Å². The van der Waals surface area contributed by atoms with E-state index in [4.69, 9.17) is 0 Å². The quantitative estimate of drug-likeness (QED) is 0.703. The lowest BCUT2D eigenvalue weighted by atomic mass is 10.0. The van der Waals surface area contributed by atoms with Gasteiger partial charge in [-0.15, -0.1) is 11.3 Å². The molecule has 6 heteroatoms. The predicted molar refractivity (Wildman–Crippen MR) is 94.5 cm³/mol. The minimum absolute atomic E-state index is 0.119. The SMILES string of the molecule is O=C(NCc1cnc(Br)s1)c1ccc(-c2ccc(O)cc2)cc1. The number of aromatic nitrogens is 1. The molecule has 2 aromatic carbocycles. The van der Waals surface area contributed by atoms with Gasteiger partial charge in [0, 0.05) is 16.6 Å². The number of thiazole rings is 1. The summed E-state index contributed by atoms with van der Waals surface area (Å²) in [7, 11) is 0. The minimum Gasteiger partial charge on any atom is -0.508 e. The van der Waals surface area contributed by atoms with Gasteiger partial charge in [0.05, 0.1) is 6.54 Å². The normalized spacial score (nSPS) is 10.5. The number of nitrogens with one attached hydrogen (secondary N) is 1. The van der Waals surface area contributed by atoms with Crippen LogP contribution in [0.1, 0.15) is 15.2 Å². The van der Waals surface area contributed by atoms with E-state index in [1.165, 1.54) is 11.3 Å². The Labute approximate surface area is 146 Å². The second kappa shape index (κ2) is 6.93. The van der Waals surface area contributed by atoms with Crippen molar-refractivity contribution in [2.75, 3.05) is 0 Å². The molecule has 3 rings (SSSR count). The van der Waals surface area contributed by atoms with Crippen LogP contribution < -0.4 is 5.32 Å². The van der Waals surface area contributed by atoms with Crippen LogP contribution in [0, 0.1) is 0 Å². The van der Waals surface area contributed by atoms with E-state index in [0.29, 0.717) is 12.1 Å². The molecule has 0 aliphatic carbocycles.